The van der Waals surface area contributed by atoms with Crippen LogP contribution in [0.5, 0.6) is 0 Å². The van der Waals surface area contributed by atoms with Gasteiger partial charge in [0.15, 0.2) is 0 Å². The second kappa shape index (κ2) is 2.34. The van der Waals surface area contributed by atoms with E-state index in [0.29, 0.717) is 17.1 Å². The molecule has 0 saturated heterocycles. The highest BCUT2D eigenvalue weighted by Crippen LogP contribution is 2.64. The van der Waals surface area contributed by atoms with Crippen LogP contribution < -0.4 is 0 Å². The molecular weight excluding hydrogens is 148 g/mol. The van der Waals surface area contributed by atoms with Crippen molar-refractivity contribution in [1.29, 1.82) is 0 Å². The Morgan fingerprint density at radius 1 is 1.33 bits per heavy atom. The zero-order valence-corrected chi connectivity index (χ0v) is 8.26. The van der Waals surface area contributed by atoms with Crippen molar-refractivity contribution in [3.05, 3.63) is 0 Å². The van der Waals surface area contributed by atoms with Crippen molar-refractivity contribution in [2.45, 2.75) is 40.0 Å². The number of hydrogen-bond acceptors (Lipinski definition) is 1. The largest absolute Gasteiger partial charge is 0.299 e. The molecule has 2 aliphatic carbocycles. The normalized spacial score (nSPS) is 44.9. The molecule has 68 valence electrons. The highest BCUT2D eigenvalue weighted by Gasteiger charge is 2.58. The summed E-state index contributed by atoms with van der Waals surface area (Å²) in [7, 11) is 0. The molecule has 0 aromatic heterocycles. The average Bonchev–Trinajstić information content (AvgIpc) is 2.53. The third-order valence-corrected chi connectivity index (χ3v) is 4.15. The van der Waals surface area contributed by atoms with Gasteiger partial charge in [0.25, 0.3) is 0 Å². The van der Waals surface area contributed by atoms with Crippen molar-refractivity contribution < 1.29 is 4.79 Å². The van der Waals surface area contributed by atoms with Gasteiger partial charge < -0.3 is 0 Å². The van der Waals surface area contributed by atoms with Gasteiger partial charge in [-0.1, -0.05) is 20.8 Å². The number of carbonyl (C=O) groups is 1. The summed E-state index contributed by atoms with van der Waals surface area (Å²) in [5.74, 6) is 2.53. The van der Waals surface area contributed by atoms with Gasteiger partial charge in [0.2, 0.25) is 0 Å². The van der Waals surface area contributed by atoms with Gasteiger partial charge in [-0.15, -0.1) is 0 Å². The van der Waals surface area contributed by atoms with Crippen LogP contribution in [0.3, 0.4) is 0 Å². The third kappa shape index (κ3) is 1.02. The number of hydrogen-bond donors (Lipinski definition) is 0. The van der Waals surface area contributed by atoms with Crippen LogP contribution in [-0.2, 0) is 4.79 Å². The maximum atomic E-state index is 11.4. The van der Waals surface area contributed by atoms with E-state index in [1.807, 2.05) is 0 Å². The van der Waals surface area contributed by atoms with Crippen LogP contribution in [-0.4, -0.2) is 5.78 Å². The smallest absolute Gasteiger partial charge is 0.135 e. The minimum absolute atomic E-state index is 0.335. The van der Waals surface area contributed by atoms with Crippen molar-refractivity contribution in [1.82, 2.24) is 0 Å². The topological polar surface area (TPSA) is 17.1 Å². The standard InChI is InChI=1S/C11H18O/c1-7-6-9-8(11(9,2)3)4-5-10(7)12/h7-9H,4-6H2,1-3H3. The van der Waals surface area contributed by atoms with Gasteiger partial charge in [0.1, 0.15) is 5.78 Å². The summed E-state index contributed by atoms with van der Waals surface area (Å²) < 4.78 is 0. The molecule has 2 rings (SSSR count). The Kier molecular flexibility index (Phi) is 1.61. The fourth-order valence-electron chi connectivity index (χ4n) is 2.96. The van der Waals surface area contributed by atoms with Gasteiger partial charge in [-0.05, 0) is 30.1 Å². The first kappa shape index (κ1) is 8.28. The lowest BCUT2D eigenvalue weighted by Gasteiger charge is -2.10. The molecule has 0 amide bonds. The quantitative estimate of drug-likeness (QED) is 0.540. The molecule has 3 unspecified atom stereocenters. The van der Waals surface area contributed by atoms with Crippen LogP contribution in [0.1, 0.15) is 40.0 Å². The second-order valence-corrected chi connectivity index (χ2v) is 5.18. The molecule has 0 aliphatic heterocycles. The van der Waals surface area contributed by atoms with Crippen LogP contribution in [0.4, 0.5) is 0 Å². The predicted molar refractivity (Wildman–Crippen MR) is 48.8 cm³/mol. The highest BCUT2D eigenvalue weighted by atomic mass is 16.1. The Balaban J connectivity index is 2.09. The molecule has 1 heteroatoms. The fourth-order valence-corrected chi connectivity index (χ4v) is 2.96. The summed E-state index contributed by atoms with van der Waals surface area (Å²) in [5, 5.41) is 0. The Morgan fingerprint density at radius 3 is 2.67 bits per heavy atom. The summed E-state index contributed by atoms with van der Waals surface area (Å²) in [4.78, 5) is 11.4. The molecule has 2 saturated carbocycles. The molecular formula is C11H18O. The summed E-state index contributed by atoms with van der Waals surface area (Å²) >= 11 is 0. The van der Waals surface area contributed by atoms with Crippen LogP contribution in [0.15, 0.2) is 0 Å². The van der Waals surface area contributed by atoms with Gasteiger partial charge in [-0.2, -0.15) is 0 Å². The maximum Gasteiger partial charge on any atom is 0.135 e. The summed E-state index contributed by atoms with van der Waals surface area (Å²) in [6.45, 7) is 6.80. The highest BCUT2D eigenvalue weighted by molar-refractivity contribution is 5.81. The Morgan fingerprint density at radius 2 is 2.00 bits per heavy atom. The molecule has 0 N–H and O–H groups in total. The molecule has 0 spiro atoms. The molecule has 1 nitrogen and oxygen atoms in total. The molecule has 0 bridgehead atoms. The monoisotopic (exact) mass is 166 g/mol. The molecule has 0 aromatic carbocycles. The molecule has 3 atom stereocenters. The lowest BCUT2D eigenvalue weighted by molar-refractivity contribution is -0.122. The number of carbonyl (C=O) groups excluding carboxylic acids is 1. The van der Waals surface area contributed by atoms with Gasteiger partial charge in [-0.3, -0.25) is 4.79 Å². The minimum Gasteiger partial charge on any atom is -0.299 e. The first-order valence-electron chi connectivity index (χ1n) is 5.06. The van der Waals surface area contributed by atoms with E-state index < -0.39 is 0 Å². The molecule has 0 heterocycles. The van der Waals surface area contributed by atoms with Crippen molar-refractivity contribution in [3.63, 3.8) is 0 Å². The molecule has 2 fully saturated rings. The molecule has 12 heavy (non-hydrogen) atoms. The Bertz CT molecular complexity index is 217. The first-order chi connectivity index (χ1) is 5.53. The van der Waals surface area contributed by atoms with Gasteiger partial charge in [0, 0.05) is 12.3 Å². The van der Waals surface area contributed by atoms with E-state index in [2.05, 4.69) is 20.8 Å². The van der Waals surface area contributed by atoms with Crippen molar-refractivity contribution in [3.8, 4) is 0 Å². The van der Waals surface area contributed by atoms with Gasteiger partial charge in [-0.25, -0.2) is 0 Å². The summed E-state index contributed by atoms with van der Waals surface area (Å²) in [6, 6.07) is 0. The van der Waals surface area contributed by atoms with Crippen LogP contribution in [0.2, 0.25) is 0 Å². The zero-order valence-electron chi connectivity index (χ0n) is 8.26. The maximum absolute atomic E-state index is 11.4. The third-order valence-electron chi connectivity index (χ3n) is 4.15. The Labute approximate surface area is 74.5 Å². The second-order valence-electron chi connectivity index (χ2n) is 5.18. The van der Waals surface area contributed by atoms with Crippen molar-refractivity contribution >= 4 is 5.78 Å². The van der Waals surface area contributed by atoms with Crippen LogP contribution in [0, 0.1) is 23.2 Å². The van der Waals surface area contributed by atoms with Crippen LogP contribution in [0.25, 0.3) is 0 Å². The van der Waals surface area contributed by atoms with Crippen molar-refractivity contribution in [2.24, 2.45) is 23.2 Å². The van der Waals surface area contributed by atoms with E-state index in [0.717, 1.165) is 31.1 Å². The van der Waals surface area contributed by atoms with E-state index in [4.69, 9.17) is 0 Å². The minimum atomic E-state index is 0.335. The summed E-state index contributed by atoms with van der Waals surface area (Å²) in [6.07, 6.45) is 3.14. The molecule has 2 aliphatic rings. The van der Waals surface area contributed by atoms with Crippen LogP contribution >= 0.6 is 0 Å². The summed E-state index contributed by atoms with van der Waals surface area (Å²) in [5.41, 5.74) is 0.551. The number of fused-ring (bicyclic) bond motifs is 1. The van der Waals surface area contributed by atoms with E-state index in [1.54, 1.807) is 0 Å². The van der Waals surface area contributed by atoms with E-state index in [1.165, 1.54) is 0 Å². The predicted octanol–water partition coefficient (Wildman–Crippen LogP) is 2.65. The van der Waals surface area contributed by atoms with E-state index in [9.17, 15) is 4.79 Å². The number of rotatable bonds is 0. The lowest BCUT2D eigenvalue weighted by atomic mass is 9.94. The van der Waals surface area contributed by atoms with E-state index in [-0.39, 0.29) is 0 Å². The zero-order chi connectivity index (χ0) is 8.93. The number of Topliss-reactive ketones (excluding diaryl/α,β-unsaturated/α-hetero) is 1. The fraction of sp³-hybridized carbons (Fsp3) is 0.909. The SMILES string of the molecule is CC1CC2C(CCC1=O)C2(C)C. The van der Waals surface area contributed by atoms with Gasteiger partial charge in [0.05, 0.1) is 0 Å². The first-order valence-corrected chi connectivity index (χ1v) is 5.06. The molecule has 0 aromatic rings. The lowest BCUT2D eigenvalue weighted by Crippen LogP contribution is -2.11. The van der Waals surface area contributed by atoms with Gasteiger partial charge >= 0.3 is 0 Å². The average molecular weight is 166 g/mol. The Hall–Kier alpha value is -0.330. The number of ketones is 1. The molecule has 0 radical (unpaired) electrons. The van der Waals surface area contributed by atoms with Crippen molar-refractivity contribution in [2.75, 3.05) is 0 Å². The van der Waals surface area contributed by atoms with E-state index >= 15 is 0 Å².